The van der Waals surface area contributed by atoms with Gasteiger partial charge in [0, 0.05) is 11.3 Å². The molecule has 1 N–H and O–H groups in total. The van der Waals surface area contributed by atoms with Crippen molar-refractivity contribution < 1.29 is 4.79 Å². The summed E-state index contributed by atoms with van der Waals surface area (Å²) in [5.74, 6) is -0.103. The number of nitrogens with zero attached hydrogens (tertiary/aromatic N) is 1. The molecule has 1 amide bonds. The van der Waals surface area contributed by atoms with Crippen LogP contribution in [-0.2, 0) is 0 Å². The van der Waals surface area contributed by atoms with Gasteiger partial charge in [0.2, 0.25) is 0 Å². The van der Waals surface area contributed by atoms with Gasteiger partial charge in [0.25, 0.3) is 5.91 Å². The van der Waals surface area contributed by atoms with Crippen molar-refractivity contribution in [2.75, 3.05) is 5.32 Å². The van der Waals surface area contributed by atoms with E-state index in [-0.39, 0.29) is 5.91 Å². The first-order chi connectivity index (χ1) is 11.2. The highest BCUT2D eigenvalue weighted by Gasteiger charge is 2.09. The molecule has 0 atom stereocenters. The van der Waals surface area contributed by atoms with Crippen molar-refractivity contribution >= 4 is 43.9 Å². The lowest BCUT2D eigenvalue weighted by atomic mass is 10.1. The maximum absolute atomic E-state index is 12.5. The number of amides is 1. The maximum Gasteiger partial charge on any atom is 0.255 e. The lowest BCUT2D eigenvalue weighted by molar-refractivity contribution is 0.102. The van der Waals surface area contributed by atoms with Crippen LogP contribution >= 0.6 is 11.3 Å². The first kappa shape index (κ1) is 13.9. The van der Waals surface area contributed by atoms with Crippen molar-refractivity contribution in [3.63, 3.8) is 0 Å². The number of hydrogen-bond acceptors (Lipinski definition) is 3. The van der Waals surface area contributed by atoms with Crippen LogP contribution in [0.4, 0.5) is 5.69 Å². The summed E-state index contributed by atoms with van der Waals surface area (Å²) >= 11 is 1.60. The number of benzene rings is 3. The topological polar surface area (TPSA) is 42.0 Å². The van der Waals surface area contributed by atoms with Gasteiger partial charge < -0.3 is 5.32 Å². The molecule has 23 heavy (non-hydrogen) atoms. The number of aromatic nitrogens is 1. The van der Waals surface area contributed by atoms with E-state index in [0.29, 0.717) is 5.56 Å². The number of rotatable bonds is 2. The van der Waals surface area contributed by atoms with Gasteiger partial charge in [0.05, 0.1) is 15.2 Å². The van der Waals surface area contributed by atoms with Gasteiger partial charge in [0.1, 0.15) is 0 Å². The predicted molar refractivity (Wildman–Crippen MR) is 96.3 cm³/mol. The minimum Gasteiger partial charge on any atom is -0.322 e. The Morgan fingerprint density at radius 1 is 1.00 bits per heavy atom. The van der Waals surface area contributed by atoms with E-state index in [9.17, 15) is 4.79 Å². The van der Waals surface area contributed by atoms with Gasteiger partial charge in [-0.2, -0.15) is 0 Å². The predicted octanol–water partition coefficient (Wildman–Crippen LogP) is 5.01. The van der Waals surface area contributed by atoms with Crippen LogP contribution in [0, 0.1) is 6.92 Å². The highest BCUT2D eigenvalue weighted by atomic mass is 32.1. The summed E-state index contributed by atoms with van der Waals surface area (Å²) in [7, 11) is 0. The zero-order valence-corrected chi connectivity index (χ0v) is 13.4. The van der Waals surface area contributed by atoms with Gasteiger partial charge in [-0.3, -0.25) is 4.79 Å². The van der Waals surface area contributed by atoms with Crippen LogP contribution in [0.2, 0.25) is 0 Å². The SMILES string of the molecule is Cc1nc2ccc(C(=O)Nc3ccc4ccccc4c3)cc2s1. The van der Waals surface area contributed by atoms with E-state index >= 15 is 0 Å². The van der Waals surface area contributed by atoms with Crippen LogP contribution in [0.5, 0.6) is 0 Å². The Kier molecular flexibility index (Phi) is 3.32. The van der Waals surface area contributed by atoms with E-state index in [1.807, 2.05) is 61.5 Å². The number of carbonyl (C=O) groups is 1. The number of carbonyl (C=O) groups excluding carboxylic acids is 1. The molecule has 0 saturated heterocycles. The Labute approximate surface area is 137 Å². The standard InChI is InChI=1S/C19H14N2OS/c1-12-20-17-9-7-15(11-18(17)23-12)19(22)21-16-8-6-13-4-2-3-5-14(13)10-16/h2-11H,1H3,(H,21,22). The third-order valence-corrected chi connectivity index (χ3v) is 4.70. The molecule has 112 valence electrons. The third kappa shape index (κ3) is 2.69. The Morgan fingerprint density at radius 3 is 2.70 bits per heavy atom. The number of thiazole rings is 1. The molecule has 3 nitrogen and oxygen atoms in total. The zero-order chi connectivity index (χ0) is 15.8. The minimum atomic E-state index is -0.103. The lowest BCUT2D eigenvalue weighted by Gasteiger charge is -2.07. The van der Waals surface area contributed by atoms with Gasteiger partial charge in [0.15, 0.2) is 0 Å². The zero-order valence-electron chi connectivity index (χ0n) is 12.5. The summed E-state index contributed by atoms with van der Waals surface area (Å²) in [4.78, 5) is 16.9. The molecule has 0 fully saturated rings. The van der Waals surface area contributed by atoms with Crippen LogP contribution in [0.25, 0.3) is 21.0 Å². The van der Waals surface area contributed by atoms with Crippen molar-refractivity contribution in [3.05, 3.63) is 71.2 Å². The Morgan fingerprint density at radius 2 is 1.83 bits per heavy atom. The second-order valence-corrected chi connectivity index (χ2v) is 6.67. The monoisotopic (exact) mass is 318 g/mol. The molecule has 3 aromatic carbocycles. The summed E-state index contributed by atoms with van der Waals surface area (Å²) in [6, 6.07) is 19.6. The third-order valence-electron chi connectivity index (χ3n) is 3.76. The molecule has 0 saturated carbocycles. The maximum atomic E-state index is 12.5. The first-order valence-electron chi connectivity index (χ1n) is 7.36. The molecule has 4 aromatic rings. The quantitative estimate of drug-likeness (QED) is 0.564. The average molecular weight is 318 g/mol. The second-order valence-electron chi connectivity index (χ2n) is 5.43. The van der Waals surface area contributed by atoms with E-state index in [0.717, 1.165) is 31.7 Å². The van der Waals surface area contributed by atoms with E-state index in [2.05, 4.69) is 16.4 Å². The molecule has 1 aromatic heterocycles. The molecule has 0 radical (unpaired) electrons. The van der Waals surface area contributed by atoms with Gasteiger partial charge in [-0.05, 0) is 48.0 Å². The van der Waals surface area contributed by atoms with Crippen LogP contribution in [0.15, 0.2) is 60.7 Å². The minimum absolute atomic E-state index is 0.103. The number of nitrogens with one attached hydrogen (secondary N) is 1. The molecular formula is C19H14N2OS. The molecule has 4 rings (SSSR count). The van der Waals surface area contributed by atoms with Crippen molar-refractivity contribution in [2.24, 2.45) is 0 Å². The molecule has 0 spiro atoms. The normalized spacial score (nSPS) is 11.0. The Balaban J connectivity index is 1.64. The highest BCUT2D eigenvalue weighted by Crippen LogP contribution is 2.24. The fourth-order valence-electron chi connectivity index (χ4n) is 2.65. The Hall–Kier alpha value is -2.72. The molecule has 1 heterocycles. The van der Waals surface area contributed by atoms with Crippen LogP contribution in [0.3, 0.4) is 0 Å². The summed E-state index contributed by atoms with van der Waals surface area (Å²) in [6.45, 7) is 1.97. The first-order valence-corrected chi connectivity index (χ1v) is 8.18. The second kappa shape index (κ2) is 5.48. The van der Waals surface area contributed by atoms with Crippen molar-refractivity contribution in [3.8, 4) is 0 Å². The number of aryl methyl sites for hydroxylation is 1. The molecule has 0 bridgehead atoms. The van der Waals surface area contributed by atoms with Gasteiger partial charge in [-0.15, -0.1) is 11.3 Å². The largest absolute Gasteiger partial charge is 0.322 e. The van der Waals surface area contributed by atoms with Crippen LogP contribution < -0.4 is 5.32 Å². The van der Waals surface area contributed by atoms with Gasteiger partial charge in [-0.25, -0.2) is 4.98 Å². The number of anilines is 1. The van der Waals surface area contributed by atoms with Crippen LogP contribution in [-0.4, -0.2) is 10.9 Å². The summed E-state index contributed by atoms with van der Waals surface area (Å²) < 4.78 is 1.04. The smallest absolute Gasteiger partial charge is 0.255 e. The van der Waals surface area contributed by atoms with E-state index in [1.165, 1.54) is 0 Å². The van der Waals surface area contributed by atoms with E-state index in [4.69, 9.17) is 0 Å². The lowest BCUT2D eigenvalue weighted by Crippen LogP contribution is -2.11. The average Bonchev–Trinajstić information content (AvgIpc) is 2.93. The Bertz CT molecular complexity index is 1040. The highest BCUT2D eigenvalue weighted by molar-refractivity contribution is 7.18. The fraction of sp³-hybridized carbons (Fsp3) is 0.0526. The number of hydrogen-bond donors (Lipinski definition) is 1. The molecule has 0 aliphatic rings. The van der Waals surface area contributed by atoms with Crippen molar-refractivity contribution in [2.45, 2.75) is 6.92 Å². The summed E-state index contributed by atoms with van der Waals surface area (Å²) in [6.07, 6.45) is 0. The number of fused-ring (bicyclic) bond motifs is 2. The van der Waals surface area contributed by atoms with Crippen molar-refractivity contribution in [1.82, 2.24) is 4.98 Å². The summed E-state index contributed by atoms with van der Waals surface area (Å²) in [5, 5.41) is 6.24. The van der Waals surface area contributed by atoms with E-state index in [1.54, 1.807) is 11.3 Å². The van der Waals surface area contributed by atoms with Gasteiger partial charge in [-0.1, -0.05) is 30.3 Å². The van der Waals surface area contributed by atoms with E-state index < -0.39 is 0 Å². The molecule has 0 unspecified atom stereocenters. The van der Waals surface area contributed by atoms with Gasteiger partial charge >= 0.3 is 0 Å². The molecular weight excluding hydrogens is 304 g/mol. The fourth-order valence-corrected chi connectivity index (χ4v) is 3.52. The summed E-state index contributed by atoms with van der Waals surface area (Å²) in [5.41, 5.74) is 2.39. The van der Waals surface area contributed by atoms with Crippen LogP contribution in [0.1, 0.15) is 15.4 Å². The van der Waals surface area contributed by atoms with Crippen molar-refractivity contribution in [1.29, 1.82) is 0 Å². The molecule has 4 heteroatoms. The molecule has 0 aliphatic carbocycles. The molecule has 0 aliphatic heterocycles.